The number of benzene rings is 1. The lowest BCUT2D eigenvalue weighted by Crippen LogP contribution is -2.14. The second-order valence-corrected chi connectivity index (χ2v) is 5.40. The molecule has 3 heteroatoms. The normalized spacial score (nSPS) is 12.5. The van der Waals surface area contributed by atoms with Crippen LogP contribution in [0.25, 0.3) is 10.9 Å². The molecule has 2 aromatic rings. The number of rotatable bonds is 7. The Labute approximate surface area is 121 Å². The standard InChI is InChI=1S/C17H25N3/c1-3-5-7-13(4-2)12-20-16-10-11-19-17-14(16)8-6-9-15(17)18/h6,8-11,13H,3-5,7,12,18H2,1-2H3,(H,19,20). The first-order chi connectivity index (χ1) is 9.76. The SMILES string of the molecule is CCCCC(CC)CNc1ccnc2c(N)cccc12. The fourth-order valence-electron chi connectivity index (χ4n) is 2.55. The molecule has 1 aromatic heterocycles. The van der Waals surface area contributed by atoms with E-state index in [2.05, 4.69) is 30.2 Å². The van der Waals surface area contributed by atoms with Crippen LogP contribution in [0.5, 0.6) is 0 Å². The third-order valence-electron chi connectivity index (χ3n) is 3.93. The van der Waals surface area contributed by atoms with Gasteiger partial charge in [0, 0.05) is 23.8 Å². The first kappa shape index (κ1) is 14.6. The van der Waals surface area contributed by atoms with Gasteiger partial charge >= 0.3 is 0 Å². The van der Waals surface area contributed by atoms with Gasteiger partial charge in [0.2, 0.25) is 0 Å². The summed E-state index contributed by atoms with van der Waals surface area (Å²) in [6.07, 6.45) is 6.92. The smallest absolute Gasteiger partial charge is 0.0951 e. The van der Waals surface area contributed by atoms with E-state index in [4.69, 9.17) is 5.73 Å². The number of fused-ring (bicyclic) bond motifs is 1. The van der Waals surface area contributed by atoms with Crippen molar-refractivity contribution >= 4 is 22.3 Å². The van der Waals surface area contributed by atoms with E-state index >= 15 is 0 Å². The predicted molar refractivity (Wildman–Crippen MR) is 88.0 cm³/mol. The molecule has 3 N–H and O–H groups in total. The molecule has 0 radical (unpaired) electrons. The number of nitrogens with two attached hydrogens (primary N) is 1. The molecule has 1 atom stereocenters. The molecule has 0 aliphatic heterocycles. The number of nitrogen functional groups attached to an aromatic ring is 1. The van der Waals surface area contributed by atoms with Crippen molar-refractivity contribution in [3.05, 3.63) is 30.5 Å². The van der Waals surface area contributed by atoms with E-state index in [1.807, 2.05) is 24.4 Å². The number of anilines is 2. The van der Waals surface area contributed by atoms with Gasteiger partial charge in [-0.25, -0.2) is 0 Å². The van der Waals surface area contributed by atoms with Gasteiger partial charge in [-0.1, -0.05) is 45.2 Å². The van der Waals surface area contributed by atoms with Crippen molar-refractivity contribution < 1.29 is 0 Å². The van der Waals surface area contributed by atoms with Crippen LogP contribution in [0.4, 0.5) is 11.4 Å². The number of pyridine rings is 1. The Balaban J connectivity index is 2.11. The Bertz CT molecular complexity index is 551. The minimum Gasteiger partial charge on any atom is -0.397 e. The van der Waals surface area contributed by atoms with E-state index in [1.54, 1.807) is 0 Å². The summed E-state index contributed by atoms with van der Waals surface area (Å²) >= 11 is 0. The minimum absolute atomic E-state index is 0.735. The van der Waals surface area contributed by atoms with Gasteiger partial charge in [-0.3, -0.25) is 4.98 Å². The van der Waals surface area contributed by atoms with Gasteiger partial charge in [0.05, 0.1) is 11.2 Å². The molecule has 0 saturated heterocycles. The largest absolute Gasteiger partial charge is 0.397 e. The van der Waals surface area contributed by atoms with Gasteiger partial charge in [-0.2, -0.15) is 0 Å². The highest BCUT2D eigenvalue weighted by molar-refractivity contribution is 5.97. The number of nitrogens with zero attached hydrogens (tertiary/aromatic N) is 1. The van der Waals surface area contributed by atoms with Gasteiger partial charge < -0.3 is 11.1 Å². The summed E-state index contributed by atoms with van der Waals surface area (Å²) in [5.41, 5.74) is 8.75. The molecule has 0 fully saturated rings. The first-order valence-corrected chi connectivity index (χ1v) is 7.63. The molecule has 1 unspecified atom stereocenters. The maximum absolute atomic E-state index is 5.98. The van der Waals surface area contributed by atoms with Crippen LogP contribution < -0.4 is 11.1 Å². The van der Waals surface area contributed by atoms with Crippen LogP contribution in [0, 0.1) is 5.92 Å². The van der Waals surface area contributed by atoms with Crippen molar-refractivity contribution in [2.75, 3.05) is 17.6 Å². The highest BCUT2D eigenvalue weighted by atomic mass is 14.9. The zero-order chi connectivity index (χ0) is 14.4. The summed E-state index contributed by atoms with van der Waals surface area (Å²) in [5.74, 6) is 0.735. The summed E-state index contributed by atoms with van der Waals surface area (Å²) in [7, 11) is 0. The van der Waals surface area contributed by atoms with E-state index < -0.39 is 0 Å². The molecule has 20 heavy (non-hydrogen) atoms. The maximum Gasteiger partial charge on any atom is 0.0951 e. The molecule has 0 aliphatic rings. The molecule has 0 aliphatic carbocycles. The highest BCUT2D eigenvalue weighted by Gasteiger charge is 2.08. The Morgan fingerprint density at radius 2 is 2.10 bits per heavy atom. The van der Waals surface area contributed by atoms with Crippen molar-refractivity contribution in [1.82, 2.24) is 4.98 Å². The lowest BCUT2D eigenvalue weighted by atomic mass is 9.99. The third-order valence-corrected chi connectivity index (χ3v) is 3.93. The quantitative estimate of drug-likeness (QED) is 0.732. The van der Waals surface area contributed by atoms with E-state index in [0.29, 0.717) is 0 Å². The van der Waals surface area contributed by atoms with Crippen LogP contribution in [0.3, 0.4) is 0 Å². The lowest BCUT2D eigenvalue weighted by Gasteiger charge is -2.17. The summed E-state index contributed by atoms with van der Waals surface area (Å²) in [6, 6.07) is 8.00. The fraction of sp³-hybridized carbons (Fsp3) is 0.471. The van der Waals surface area contributed by atoms with Gasteiger partial charge in [0.25, 0.3) is 0 Å². The van der Waals surface area contributed by atoms with Gasteiger partial charge in [-0.05, 0) is 24.5 Å². The van der Waals surface area contributed by atoms with Crippen molar-refractivity contribution in [3.8, 4) is 0 Å². The second-order valence-electron chi connectivity index (χ2n) is 5.40. The molecule has 0 bridgehead atoms. The molecular weight excluding hydrogens is 246 g/mol. The Morgan fingerprint density at radius 1 is 1.25 bits per heavy atom. The monoisotopic (exact) mass is 271 g/mol. The van der Waals surface area contributed by atoms with E-state index in [9.17, 15) is 0 Å². The molecule has 0 saturated carbocycles. The molecule has 1 aromatic carbocycles. The topological polar surface area (TPSA) is 50.9 Å². The predicted octanol–water partition coefficient (Wildman–Crippen LogP) is 4.45. The van der Waals surface area contributed by atoms with Crippen LogP contribution in [-0.2, 0) is 0 Å². The van der Waals surface area contributed by atoms with Gasteiger partial charge in [0.1, 0.15) is 0 Å². The van der Waals surface area contributed by atoms with Crippen LogP contribution >= 0.6 is 0 Å². The fourth-order valence-corrected chi connectivity index (χ4v) is 2.55. The first-order valence-electron chi connectivity index (χ1n) is 7.63. The molecule has 2 rings (SSSR count). The third kappa shape index (κ3) is 3.41. The van der Waals surface area contributed by atoms with Crippen LogP contribution in [0.15, 0.2) is 30.5 Å². The summed E-state index contributed by atoms with van der Waals surface area (Å²) < 4.78 is 0. The van der Waals surface area contributed by atoms with Crippen molar-refractivity contribution in [2.45, 2.75) is 39.5 Å². The number of nitrogens with one attached hydrogen (secondary N) is 1. The van der Waals surface area contributed by atoms with E-state index in [-0.39, 0.29) is 0 Å². The molecular formula is C17H25N3. The maximum atomic E-state index is 5.98. The van der Waals surface area contributed by atoms with E-state index in [1.165, 1.54) is 25.7 Å². The van der Waals surface area contributed by atoms with Crippen LogP contribution in [-0.4, -0.2) is 11.5 Å². The van der Waals surface area contributed by atoms with Gasteiger partial charge in [0.15, 0.2) is 0 Å². The average Bonchev–Trinajstić information content (AvgIpc) is 2.48. The summed E-state index contributed by atoms with van der Waals surface area (Å²) in [5, 5.41) is 4.69. The van der Waals surface area contributed by atoms with Crippen LogP contribution in [0.1, 0.15) is 39.5 Å². The number of unbranched alkanes of at least 4 members (excludes halogenated alkanes) is 1. The summed E-state index contributed by atoms with van der Waals surface area (Å²) in [6.45, 7) is 5.54. The summed E-state index contributed by atoms with van der Waals surface area (Å²) in [4.78, 5) is 4.37. The Kier molecular flexibility index (Phi) is 5.22. The number of hydrogen-bond acceptors (Lipinski definition) is 3. The van der Waals surface area contributed by atoms with Crippen molar-refractivity contribution in [3.63, 3.8) is 0 Å². The Hall–Kier alpha value is -1.77. The highest BCUT2D eigenvalue weighted by Crippen LogP contribution is 2.26. The number of para-hydroxylation sites is 1. The minimum atomic E-state index is 0.735. The van der Waals surface area contributed by atoms with Gasteiger partial charge in [-0.15, -0.1) is 0 Å². The molecule has 0 amide bonds. The number of aromatic nitrogens is 1. The van der Waals surface area contributed by atoms with Crippen molar-refractivity contribution in [2.24, 2.45) is 5.92 Å². The zero-order valence-corrected chi connectivity index (χ0v) is 12.5. The molecule has 108 valence electrons. The van der Waals surface area contributed by atoms with Crippen molar-refractivity contribution in [1.29, 1.82) is 0 Å². The molecule has 1 heterocycles. The molecule has 0 spiro atoms. The lowest BCUT2D eigenvalue weighted by molar-refractivity contribution is 0.473. The Morgan fingerprint density at radius 3 is 2.85 bits per heavy atom. The zero-order valence-electron chi connectivity index (χ0n) is 12.5. The average molecular weight is 271 g/mol. The van der Waals surface area contributed by atoms with E-state index in [0.717, 1.165) is 34.7 Å². The molecule has 3 nitrogen and oxygen atoms in total. The number of hydrogen-bond donors (Lipinski definition) is 2. The second kappa shape index (κ2) is 7.13. The van der Waals surface area contributed by atoms with Crippen LogP contribution in [0.2, 0.25) is 0 Å².